The van der Waals surface area contributed by atoms with Crippen LogP contribution in [0.4, 0.5) is 13.2 Å². The summed E-state index contributed by atoms with van der Waals surface area (Å²) in [5.74, 6) is 6.09. The number of carbonyl (C=O) groups is 1. The van der Waals surface area contributed by atoms with E-state index < -0.39 is 11.7 Å². The van der Waals surface area contributed by atoms with Crippen molar-refractivity contribution in [1.29, 1.82) is 0 Å². The number of aryl methyl sites for hydroxylation is 1. The second kappa shape index (κ2) is 10.3. The van der Waals surface area contributed by atoms with Crippen molar-refractivity contribution in [3.8, 4) is 28.7 Å². The fourth-order valence-electron chi connectivity index (χ4n) is 4.35. The molecule has 0 amide bonds. The predicted octanol–water partition coefficient (Wildman–Crippen LogP) is 7.11. The number of fused-ring (bicyclic) bond motifs is 1. The summed E-state index contributed by atoms with van der Waals surface area (Å²) < 4.78 is 49.6. The summed E-state index contributed by atoms with van der Waals surface area (Å²) >= 11 is 0. The zero-order valence-corrected chi connectivity index (χ0v) is 19.5. The SMILES string of the molecule is CC#C[C@@H](CC(=O)OC)c1ccc(OC2CCc3cc(-c4ccc(C(F)(F)F)cc4)ccc32)cc1. The molecule has 0 bridgehead atoms. The molecule has 2 atom stereocenters. The molecule has 1 aliphatic rings. The van der Waals surface area contributed by atoms with Gasteiger partial charge in [0.05, 0.1) is 25.0 Å². The summed E-state index contributed by atoms with van der Waals surface area (Å²) in [5.41, 5.74) is 4.13. The van der Waals surface area contributed by atoms with Gasteiger partial charge in [-0.15, -0.1) is 5.92 Å². The van der Waals surface area contributed by atoms with Gasteiger partial charge in [-0.2, -0.15) is 13.2 Å². The lowest BCUT2D eigenvalue weighted by Crippen LogP contribution is -2.08. The molecule has 0 spiro atoms. The van der Waals surface area contributed by atoms with E-state index in [9.17, 15) is 18.0 Å². The van der Waals surface area contributed by atoms with E-state index in [1.165, 1.54) is 19.2 Å². The van der Waals surface area contributed by atoms with Crippen molar-refractivity contribution in [2.75, 3.05) is 7.11 Å². The van der Waals surface area contributed by atoms with Gasteiger partial charge >= 0.3 is 12.1 Å². The summed E-state index contributed by atoms with van der Waals surface area (Å²) in [7, 11) is 1.36. The molecule has 3 aromatic carbocycles. The van der Waals surface area contributed by atoms with Gasteiger partial charge in [-0.1, -0.05) is 48.4 Å². The molecule has 0 saturated carbocycles. The van der Waals surface area contributed by atoms with E-state index in [0.29, 0.717) is 0 Å². The number of ether oxygens (including phenoxy) is 2. The van der Waals surface area contributed by atoms with Crippen molar-refractivity contribution in [2.45, 2.75) is 44.4 Å². The molecular formula is C29H25F3O3. The van der Waals surface area contributed by atoms with Crippen LogP contribution in [-0.2, 0) is 22.1 Å². The highest BCUT2D eigenvalue weighted by Crippen LogP contribution is 2.38. The van der Waals surface area contributed by atoms with Gasteiger partial charge in [0.2, 0.25) is 0 Å². The van der Waals surface area contributed by atoms with E-state index >= 15 is 0 Å². The molecule has 1 aliphatic carbocycles. The van der Waals surface area contributed by atoms with Crippen LogP contribution in [0.1, 0.15) is 54.0 Å². The van der Waals surface area contributed by atoms with Crippen LogP contribution >= 0.6 is 0 Å². The first-order valence-corrected chi connectivity index (χ1v) is 11.3. The summed E-state index contributed by atoms with van der Waals surface area (Å²) in [5, 5.41) is 0. The minimum absolute atomic E-state index is 0.0983. The Kier molecular flexibility index (Phi) is 7.16. The second-order valence-corrected chi connectivity index (χ2v) is 8.43. The van der Waals surface area contributed by atoms with Crippen LogP contribution in [0, 0.1) is 11.8 Å². The van der Waals surface area contributed by atoms with Crippen LogP contribution < -0.4 is 4.74 Å². The van der Waals surface area contributed by atoms with Crippen molar-refractivity contribution in [3.05, 3.63) is 89.0 Å². The average molecular weight is 479 g/mol. The Morgan fingerprint density at radius 1 is 1.03 bits per heavy atom. The first-order valence-electron chi connectivity index (χ1n) is 11.3. The summed E-state index contributed by atoms with van der Waals surface area (Å²) in [4.78, 5) is 11.7. The molecule has 0 fully saturated rings. The minimum Gasteiger partial charge on any atom is -0.486 e. The molecule has 3 nitrogen and oxygen atoms in total. The van der Waals surface area contributed by atoms with E-state index in [-0.39, 0.29) is 24.4 Å². The second-order valence-electron chi connectivity index (χ2n) is 8.43. The van der Waals surface area contributed by atoms with Crippen molar-refractivity contribution in [3.63, 3.8) is 0 Å². The lowest BCUT2D eigenvalue weighted by molar-refractivity contribution is -0.141. The maximum atomic E-state index is 12.8. The molecule has 0 heterocycles. The smallest absolute Gasteiger partial charge is 0.416 e. The summed E-state index contributed by atoms with van der Waals surface area (Å²) in [6, 6.07) is 18.8. The normalized spacial score (nSPS) is 15.5. The van der Waals surface area contributed by atoms with Gasteiger partial charge in [-0.05, 0) is 71.8 Å². The molecular weight excluding hydrogens is 453 g/mol. The molecule has 4 rings (SSSR count). The topological polar surface area (TPSA) is 35.5 Å². The summed E-state index contributed by atoms with van der Waals surface area (Å²) in [6.07, 6.45) is -2.60. The van der Waals surface area contributed by atoms with E-state index in [2.05, 4.69) is 11.8 Å². The zero-order chi connectivity index (χ0) is 25.0. The quantitative estimate of drug-likeness (QED) is 0.280. The molecule has 6 heteroatoms. The average Bonchev–Trinajstić information content (AvgIpc) is 3.25. The number of methoxy groups -OCH3 is 1. The number of hydrogen-bond donors (Lipinski definition) is 0. The van der Waals surface area contributed by atoms with E-state index in [1.54, 1.807) is 6.92 Å². The first kappa shape index (κ1) is 24.4. The molecule has 35 heavy (non-hydrogen) atoms. The molecule has 0 N–H and O–H groups in total. The fraction of sp³-hybridized carbons (Fsp3) is 0.276. The van der Waals surface area contributed by atoms with E-state index in [4.69, 9.17) is 9.47 Å². The maximum Gasteiger partial charge on any atom is 0.416 e. The number of hydrogen-bond acceptors (Lipinski definition) is 3. The van der Waals surface area contributed by atoms with Crippen LogP contribution in [0.15, 0.2) is 66.7 Å². The number of carbonyl (C=O) groups excluding carboxylic acids is 1. The number of halogens is 3. The van der Waals surface area contributed by atoms with Crippen LogP contribution in [-0.4, -0.2) is 13.1 Å². The predicted molar refractivity (Wildman–Crippen MR) is 128 cm³/mol. The minimum atomic E-state index is -4.34. The van der Waals surface area contributed by atoms with E-state index in [1.807, 2.05) is 42.5 Å². The lowest BCUT2D eigenvalue weighted by Gasteiger charge is -2.17. The molecule has 1 unspecified atom stereocenters. The van der Waals surface area contributed by atoms with Gasteiger partial charge in [0, 0.05) is 0 Å². The van der Waals surface area contributed by atoms with Gasteiger partial charge in [0.15, 0.2) is 0 Å². The highest BCUT2D eigenvalue weighted by molar-refractivity contribution is 5.71. The van der Waals surface area contributed by atoms with Crippen LogP contribution in [0.2, 0.25) is 0 Å². The van der Waals surface area contributed by atoms with Gasteiger partial charge in [0.25, 0.3) is 0 Å². The van der Waals surface area contributed by atoms with Crippen LogP contribution in [0.3, 0.4) is 0 Å². The summed E-state index contributed by atoms with van der Waals surface area (Å²) in [6.45, 7) is 1.74. The van der Waals surface area contributed by atoms with Crippen LogP contribution in [0.5, 0.6) is 5.75 Å². The Balaban J connectivity index is 1.46. The molecule has 3 aromatic rings. The fourth-order valence-corrected chi connectivity index (χ4v) is 4.35. The molecule has 180 valence electrons. The third kappa shape index (κ3) is 5.68. The Labute approximate surface area is 202 Å². The van der Waals surface area contributed by atoms with Crippen molar-refractivity contribution >= 4 is 5.97 Å². The zero-order valence-electron chi connectivity index (χ0n) is 19.5. The maximum absolute atomic E-state index is 12.8. The van der Waals surface area contributed by atoms with Crippen molar-refractivity contribution < 1.29 is 27.4 Å². The molecule has 0 saturated heterocycles. The largest absolute Gasteiger partial charge is 0.486 e. The van der Waals surface area contributed by atoms with E-state index in [0.717, 1.165) is 58.5 Å². The Morgan fingerprint density at radius 2 is 1.71 bits per heavy atom. The number of benzene rings is 3. The molecule has 0 radical (unpaired) electrons. The number of esters is 1. The Hall–Kier alpha value is -3.72. The number of rotatable bonds is 6. The third-order valence-electron chi connectivity index (χ3n) is 6.19. The van der Waals surface area contributed by atoms with Gasteiger partial charge in [-0.25, -0.2) is 0 Å². The monoisotopic (exact) mass is 478 g/mol. The highest BCUT2D eigenvalue weighted by Gasteiger charge is 2.30. The van der Waals surface area contributed by atoms with Crippen LogP contribution in [0.25, 0.3) is 11.1 Å². The third-order valence-corrected chi connectivity index (χ3v) is 6.19. The van der Waals surface area contributed by atoms with Crippen molar-refractivity contribution in [2.24, 2.45) is 0 Å². The standard InChI is InChI=1S/C29H25F3O3/c1-3-4-21(18-28(33)34-2)20-7-13-25(14-8-20)35-27-16-10-23-17-22(9-15-26(23)27)19-5-11-24(12-6-19)29(30,31)32/h5-9,11-15,17,21,27H,10,16,18H2,1-2H3/t21-,27?/m0/s1. The van der Waals surface area contributed by atoms with Gasteiger partial charge in [-0.3, -0.25) is 4.79 Å². The van der Waals surface area contributed by atoms with Crippen molar-refractivity contribution in [1.82, 2.24) is 0 Å². The number of alkyl halides is 3. The first-order chi connectivity index (χ1) is 16.8. The molecule has 0 aliphatic heterocycles. The highest BCUT2D eigenvalue weighted by atomic mass is 19.4. The Bertz CT molecular complexity index is 1250. The van der Waals surface area contributed by atoms with Gasteiger partial charge < -0.3 is 9.47 Å². The van der Waals surface area contributed by atoms with Gasteiger partial charge in [0.1, 0.15) is 11.9 Å². The lowest BCUT2D eigenvalue weighted by atomic mass is 9.96. The molecule has 0 aromatic heterocycles. The Morgan fingerprint density at radius 3 is 2.34 bits per heavy atom.